The molecule has 0 fully saturated rings. The van der Waals surface area contributed by atoms with Crippen LogP contribution in [-0.4, -0.2) is 20.8 Å². The van der Waals surface area contributed by atoms with Crippen LogP contribution in [-0.2, 0) is 5.92 Å². The predicted molar refractivity (Wildman–Crippen MR) is 66.6 cm³/mol. The molecule has 2 N–H and O–H groups in total. The summed E-state index contributed by atoms with van der Waals surface area (Å²) in [4.78, 5) is 0. The molecule has 1 rings (SSSR count). The van der Waals surface area contributed by atoms with Crippen LogP contribution in [0.15, 0.2) is 12.1 Å². The summed E-state index contributed by atoms with van der Waals surface area (Å²) < 4.78 is 37.3. The van der Waals surface area contributed by atoms with Crippen molar-refractivity contribution in [2.45, 2.75) is 25.7 Å². The van der Waals surface area contributed by atoms with Crippen molar-refractivity contribution < 1.29 is 18.3 Å². The molecule has 0 aliphatic rings. The van der Waals surface area contributed by atoms with Gasteiger partial charge in [-0.25, -0.2) is 8.78 Å². The van der Waals surface area contributed by atoms with Gasteiger partial charge in [-0.2, -0.15) is 0 Å². The van der Waals surface area contributed by atoms with Crippen molar-refractivity contribution >= 4 is 0 Å². The van der Waals surface area contributed by atoms with Gasteiger partial charge in [0.05, 0.1) is 19.8 Å². The Bertz CT molecular complexity index is 416. The first-order valence-electron chi connectivity index (χ1n) is 5.69. The molecule has 1 aromatic carbocycles. The van der Waals surface area contributed by atoms with E-state index in [4.69, 9.17) is 15.2 Å². The number of benzene rings is 1. The van der Waals surface area contributed by atoms with Crippen LogP contribution >= 0.6 is 0 Å². The number of methoxy groups -OCH3 is 2. The topological polar surface area (TPSA) is 44.5 Å². The molecule has 1 aromatic rings. The predicted octanol–water partition coefficient (Wildman–Crippen LogP) is 2.88. The molecule has 0 aliphatic carbocycles. The average Bonchev–Trinajstić information content (AvgIpc) is 2.34. The van der Waals surface area contributed by atoms with Gasteiger partial charge < -0.3 is 15.2 Å². The van der Waals surface area contributed by atoms with Crippen LogP contribution in [0.2, 0.25) is 0 Å². The Labute approximate surface area is 106 Å². The first-order valence-corrected chi connectivity index (χ1v) is 5.69. The van der Waals surface area contributed by atoms with Crippen LogP contribution in [0.3, 0.4) is 0 Å². The van der Waals surface area contributed by atoms with Crippen LogP contribution in [0, 0.1) is 0 Å². The number of hydrogen-bond acceptors (Lipinski definition) is 3. The van der Waals surface area contributed by atoms with Gasteiger partial charge in [0.25, 0.3) is 5.92 Å². The van der Waals surface area contributed by atoms with E-state index in [-0.39, 0.29) is 17.2 Å². The molecule has 0 aromatic heterocycles. The van der Waals surface area contributed by atoms with E-state index < -0.39 is 5.92 Å². The molecular weight excluding hydrogens is 240 g/mol. The van der Waals surface area contributed by atoms with E-state index >= 15 is 0 Å². The summed E-state index contributed by atoms with van der Waals surface area (Å²) in [5, 5.41) is 0. The van der Waals surface area contributed by atoms with E-state index in [1.807, 2.05) is 6.92 Å². The highest BCUT2D eigenvalue weighted by Gasteiger charge is 2.31. The molecule has 0 saturated carbocycles. The van der Waals surface area contributed by atoms with Crippen molar-refractivity contribution in [3.05, 3.63) is 23.3 Å². The molecular formula is C13H19F2NO2. The fourth-order valence-corrected chi connectivity index (χ4v) is 1.73. The summed E-state index contributed by atoms with van der Waals surface area (Å²) in [6.45, 7) is 3.09. The second-order valence-corrected chi connectivity index (χ2v) is 4.33. The molecule has 0 bridgehead atoms. The monoisotopic (exact) mass is 259 g/mol. The highest BCUT2D eigenvalue weighted by molar-refractivity contribution is 5.52. The van der Waals surface area contributed by atoms with Crippen LogP contribution in [0.1, 0.15) is 30.9 Å². The fourth-order valence-electron chi connectivity index (χ4n) is 1.73. The van der Waals surface area contributed by atoms with Crippen molar-refractivity contribution in [1.29, 1.82) is 0 Å². The molecule has 1 unspecified atom stereocenters. The quantitative estimate of drug-likeness (QED) is 0.884. The third kappa shape index (κ3) is 2.90. The molecule has 3 nitrogen and oxygen atoms in total. The number of nitrogens with two attached hydrogens (primary N) is 1. The first-order chi connectivity index (χ1) is 8.35. The largest absolute Gasteiger partial charge is 0.493 e. The second kappa shape index (κ2) is 5.52. The van der Waals surface area contributed by atoms with Crippen molar-refractivity contribution in [1.82, 2.24) is 0 Å². The Kier molecular flexibility index (Phi) is 4.51. The highest BCUT2D eigenvalue weighted by Crippen LogP contribution is 2.42. The van der Waals surface area contributed by atoms with Gasteiger partial charge in [0.15, 0.2) is 11.5 Å². The first kappa shape index (κ1) is 14.7. The minimum absolute atomic E-state index is 0.0223. The van der Waals surface area contributed by atoms with Gasteiger partial charge in [-0.05, 0) is 30.2 Å². The van der Waals surface area contributed by atoms with Crippen molar-refractivity contribution in [3.8, 4) is 11.5 Å². The Hall–Kier alpha value is -1.36. The Morgan fingerprint density at radius 1 is 1.28 bits per heavy atom. The summed E-state index contributed by atoms with van der Waals surface area (Å²) in [5.41, 5.74) is 6.10. The van der Waals surface area contributed by atoms with Crippen LogP contribution in [0.25, 0.3) is 0 Å². The molecule has 0 heterocycles. The number of halogens is 2. The molecule has 0 saturated heterocycles. The Morgan fingerprint density at radius 3 is 2.28 bits per heavy atom. The number of alkyl halides is 2. The zero-order valence-corrected chi connectivity index (χ0v) is 11.1. The maximum atomic E-state index is 13.6. The van der Waals surface area contributed by atoms with Crippen molar-refractivity contribution in [2.75, 3.05) is 20.8 Å². The van der Waals surface area contributed by atoms with Gasteiger partial charge in [-0.15, -0.1) is 0 Å². The summed E-state index contributed by atoms with van der Waals surface area (Å²) in [6, 6.07) is 3.12. The van der Waals surface area contributed by atoms with Gasteiger partial charge in [0, 0.05) is 6.92 Å². The van der Waals surface area contributed by atoms with E-state index in [9.17, 15) is 8.78 Å². The molecule has 5 heteroatoms. The van der Waals surface area contributed by atoms with Crippen molar-refractivity contribution in [2.24, 2.45) is 5.73 Å². The zero-order chi connectivity index (χ0) is 13.9. The van der Waals surface area contributed by atoms with E-state index in [1.165, 1.54) is 20.3 Å². The smallest absolute Gasteiger partial charge is 0.274 e. The third-order valence-corrected chi connectivity index (χ3v) is 2.90. The van der Waals surface area contributed by atoms with E-state index in [1.54, 1.807) is 6.07 Å². The highest BCUT2D eigenvalue weighted by atomic mass is 19.3. The standard InChI is InChI=1S/C13H19F2NO2/c1-8(7-16)9-5-10(13(2,14)15)12(18-4)11(6-9)17-3/h5-6,8H,7,16H2,1-4H3. The van der Waals surface area contributed by atoms with Gasteiger partial charge >= 0.3 is 0 Å². The number of hydrogen-bond donors (Lipinski definition) is 1. The lowest BCUT2D eigenvalue weighted by Gasteiger charge is -2.20. The molecule has 0 spiro atoms. The number of rotatable bonds is 5. The maximum absolute atomic E-state index is 13.6. The van der Waals surface area contributed by atoms with Crippen molar-refractivity contribution in [3.63, 3.8) is 0 Å². The Balaban J connectivity index is 3.46. The lowest BCUT2D eigenvalue weighted by molar-refractivity contribution is 0.0146. The molecule has 0 aliphatic heterocycles. The molecule has 0 radical (unpaired) electrons. The normalized spacial score (nSPS) is 13.3. The SMILES string of the molecule is COc1cc(C(C)CN)cc(C(C)(F)F)c1OC. The zero-order valence-electron chi connectivity index (χ0n) is 11.1. The lowest BCUT2D eigenvalue weighted by atomic mass is 9.96. The lowest BCUT2D eigenvalue weighted by Crippen LogP contribution is -2.14. The molecule has 102 valence electrons. The Morgan fingerprint density at radius 2 is 1.89 bits per heavy atom. The average molecular weight is 259 g/mol. The molecule has 1 atom stereocenters. The van der Waals surface area contributed by atoms with Gasteiger partial charge in [-0.3, -0.25) is 0 Å². The summed E-state index contributed by atoms with van der Waals surface area (Å²) in [7, 11) is 2.77. The van der Waals surface area contributed by atoms with E-state index in [0.717, 1.165) is 6.92 Å². The van der Waals surface area contributed by atoms with E-state index in [2.05, 4.69) is 0 Å². The van der Waals surface area contributed by atoms with Crippen LogP contribution in [0.5, 0.6) is 11.5 Å². The summed E-state index contributed by atoms with van der Waals surface area (Å²) >= 11 is 0. The maximum Gasteiger partial charge on any atom is 0.274 e. The molecule has 0 amide bonds. The second-order valence-electron chi connectivity index (χ2n) is 4.33. The van der Waals surface area contributed by atoms with Crippen LogP contribution < -0.4 is 15.2 Å². The van der Waals surface area contributed by atoms with Gasteiger partial charge in [0.2, 0.25) is 0 Å². The van der Waals surface area contributed by atoms with Crippen LogP contribution in [0.4, 0.5) is 8.78 Å². The minimum atomic E-state index is -3.00. The number of ether oxygens (including phenoxy) is 2. The third-order valence-electron chi connectivity index (χ3n) is 2.90. The van der Waals surface area contributed by atoms with Gasteiger partial charge in [-0.1, -0.05) is 6.92 Å². The van der Waals surface area contributed by atoms with Gasteiger partial charge in [0.1, 0.15) is 0 Å². The summed E-state index contributed by atoms with van der Waals surface area (Å²) in [5.74, 6) is -2.65. The van der Waals surface area contributed by atoms with E-state index in [0.29, 0.717) is 17.9 Å². The molecule has 18 heavy (non-hydrogen) atoms. The summed E-state index contributed by atoms with van der Waals surface area (Å²) in [6.07, 6.45) is 0. The fraction of sp³-hybridized carbons (Fsp3) is 0.538. The minimum Gasteiger partial charge on any atom is -0.493 e.